The van der Waals surface area contributed by atoms with E-state index in [-0.39, 0.29) is 42.8 Å². The van der Waals surface area contributed by atoms with Crippen LogP contribution in [-0.4, -0.2) is 61.0 Å². The van der Waals surface area contributed by atoms with Gasteiger partial charge in [-0.15, -0.1) is 0 Å². The molecule has 2 aromatic rings. The van der Waals surface area contributed by atoms with Crippen molar-refractivity contribution in [2.24, 2.45) is 5.92 Å². The van der Waals surface area contributed by atoms with Crippen molar-refractivity contribution in [1.29, 1.82) is 0 Å². The van der Waals surface area contributed by atoms with Crippen molar-refractivity contribution < 1.29 is 23.9 Å². The van der Waals surface area contributed by atoms with Gasteiger partial charge < -0.3 is 19.7 Å². The Bertz CT molecular complexity index is 1140. The van der Waals surface area contributed by atoms with Crippen LogP contribution in [0.5, 0.6) is 11.5 Å². The fourth-order valence-corrected chi connectivity index (χ4v) is 5.54. The highest BCUT2D eigenvalue weighted by atomic mass is 35.5. The molecule has 8 nitrogen and oxygen atoms in total. The molecule has 1 heterocycles. The summed E-state index contributed by atoms with van der Waals surface area (Å²) in [5, 5.41) is 3.57. The van der Waals surface area contributed by atoms with Gasteiger partial charge in [-0.2, -0.15) is 0 Å². The topological polar surface area (TPSA) is 88.2 Å². The predicted octanol–water partition coefficient (Wildman–Crippen LogP) is 4.82. The largest absolute Gasteiger partial charge is 0.493 e. The number of urea groups is 1. The van der Waals surface area contributed by atoms with E-state index in [1.54, 1.807) is 14.2 Å². The second-order valence-corrected chi connectivity index (χ2v) is 10.3. The molecule has 4 amide bonds. The normalized spacial score (nSPS) is 19.2. The summed E-state index contributed by atoms with van der Waals surface area (Å²) in [6.07, 6.45) is 4.96. The molecule has 0 spiro atoms. The molecule has 2 aromatic carbocycles. The fourth-order valence-electron chi connectivity index (χ4n) is 5.41. The number of imide groups is 1. The Morgan fingerprint density at radius 2 is 1.71 bits per heavy atom. The van der Waals surface area contributed by atoms with Crippen molar-refractivity contribution >= 4 is 29.4 Å². The lowest BCUT2D eigenvalue weighted by atomic mass is 9.81. The van der Waals surface area contributed by atoms with Gasteiger partial charge in [0.15, 0.2) is 11.5 Å². The van der Waals surface area contributed by atoms with E-state index in [0.29, 0.717) is 42.5 Å². The third-order valence-corrected chi connectivity index (χ3v) is 7.68. The van der Waals surface area contributed by atoms with Gasteiger partial charge in [-0.25, -0.2) is 4.79 Å². The average molecular weight is 542 g/mol. The summed E-state index contributed by atoms with van der Waals surface area (Å²) in [5.41, 5.74) is 2.01. The highest BCUT2D eigenvalue weighted by Crippen LogP contribution is 2.35. The number of methoxy groups -OCH3 is 2. The van der Waals surface area contributed by atoms with Crippen molar-refractivity contribution in [1.82, 2.24) is 15.1 Å². The van der Waals surface area contributed by atoms with Crippen LogP contribution >= 0.6 is 11.6 Å². The fraction of sp³-hybridized carbons (Fsp3) is 0.483. The Balaban J connectivity index is 1.29. The molecule has 2 atom stereocenters. The highest BCUT2D eigenvalue weighted by Gasteiger charge is 2.46. The van der Waals surface area contributed by atoms with Gasteiger partial charge in [0.25, 0.3) is 0 Å². The lowest BCUT2D eigenvalue weighted by molar-refractivity contribution is -0.141. The van der Waals surface area contributed by atoms with Gasteiger partial charge >= 0.3 is 6.03 Å². The van der Waals surface area contributed by atoms with Gasteiger partial charge in [0.05, 0.1) is 20.1 Å². The van der Waals surface area contributed by atoms with Crippen molar-refractivity contribution in [3.8, 4) is 11.5 Å². The van der Waals surface area contributed by atoms with Crippen LogP contribution in [0.3, 0.4) is 0 Å². The molecule has 0 radical (unpaired) electrons. The molecule has 1 aliphatic heterocycles. The minimum Gasteiger partial charge on any atom is -0.493 e. The molecule has 1 saturated heterocycles. The molecule has 38 heavy (non-hydrogen) atoms. The maximum absolute atomic E-state index is 13.4. The van der Waals surface area contributed by atoms with E-state index < -0.39 is 0 Å². The number of nitrogens with zero attached hydrogens (tertiary/aromatic N) is 2. The van der Waals surface area contributed by atoms with Crippen LogP contribution in [0, 0.1) is 5.92 Å². The average Bonchev–Trinajstić information content (AvgIpc) is 2.93. The zero-order chi connectivity index (χ0) is 27.1. The molecule has 2 fully saturated rings. The second kappa shape index (κ2) is 13.0. The Hall–Kier alpha value is -3.26. The van der Waals surface area contributed by atoms with Gasteiger partial charge in [0, 0.05) is 37.1 Å². The minimum absolute atomic E-state index is 0.0736. The van der Waals surface area contributed by atoms with E-state index in [1.165, 1.54) is 4.90 Å². The van der Waals surface area contributed by atoms with E-state index in [4.69, 9.17) is 21.1 Å². The number of fused-ring (bicyclic) bond motifs is 1. The molecule has 204 valence electrons. The van der Waals surface area contributed by atoms with Crippen LogP contribution in [0.25, 0.3) is 0 Å². The summed E-state index contributed by atoms with van der Waals surface area (Å²) in [4.78, 5) is 42.4. The number of hydrogen-bond acceptors (Lipinski definition) is 5. The van der Waals surface area contributed by atoms with Crippen LogP contribution in [-0.2, 0) is 22.6 Å². The molecule has 1 N–H and O–H groups in total. The van der Waals surface area contributed by atoms with Crippen molar-refractivity contribution in [2.45, 2.75) is 57.5 Å². The molecule has 9 heteroatoms. The Morgan fingerprint density at radius 1 is 1.00 bits per heavy atom. The van der Waals surface area contributed by atoms with E-state index in [1.807, 2.05) is 47.4 Å². The maximum atomic E-state index is 13.4. The summed E-state index contributed by atoms with van der Waals surface area (Å²) in [5.74, 6) is 0.937. The number of carbonyl (C=O) groups excluding carboxylic acids is 3. The molecule has 0 bridgehead atoms. The van der Waals surface area contributed by atoms with Gasteiger partial charge in [0.2, 0.25) is 11.8 Å². The number of hydrogen-bond donors (Lipinski definition) is 1. The van der Waals surface area contributed by atoms with Gasteiger partial charge in [-0.05, 0) is 61.1 Å². The molecule has 2 unspecified atom stereocenters. The van der Waals surface area contributed by atoms with Gasteiger partial charge in [0.1, 0.15) is 0 Å². The van der Waals surface area contributed by atoms with Crippen LogP contribution in [0.15, 0.2) is 42.5 Å². The Labute approximate surface area is 229 Å². The van der Waals surface area contributed by atoms with Crippen LogP contribution in [0.4, 0.5) is 4.79 Å². The Kier molecular flexibility index (Phi) is 9.50. The third kappa shape index (κ3) is 6.59. The first-order chi connectivity index (χ1) is 18.4. The molecule has 1 aliphatic carbocycles. The van der Waals surface area contributed by atoms with E-state index in [0.717, 1.165) is 36.8 Å². The third-order valence-electron chi connectivity index (χ3n) is 7.43. The molecule has 2 aliphatic rings. The number of rotatable bonds is 11. The number of benzene rings is 2. The molecule has 1 saturated carbocycles. The van der Waals surface area contributed by atoms with E-state index in [9.17, 15) is 14.4 Å². The summed E-state index contributed by atoms with van der Waals surface area (Å²) in [6.45, 7) is 1.16. The quantitative estimate of drug-likeness (QED) is 0.440. The highest BCUT2D eigenvalue weighted by molar-refractivity contribution is 6.30. The lowest BCUT2D eigenvalue weighted by Gasteiger charge is -2.47. The number of carbonyl (C=O) groups is 3. The smallest absolute Gasteiger partial charge is 0.327 e. The first-order valence-corrected chi connectivity index (χ1v) is 13.6. The summed E-state index contributed by atoms with van der Waals surface area (Å²) in [7, 11) is 3.18. The van der Waals surface area contributed by atoms with Crippen molar-refractivity contribution in [2.75, 3.05) is 27.3 Å². The first kappa shape index (κ1) is 27.8. The maximum Gasteiger partial charge on any atom is 0.327 e. The van der Waals surface area contributed by atoms with E-state index in [2.05, 4.69) is 5.32 Å². The number of ether oxygens (including phenoxy) is 2. The molecular weight excluding hydrogens is 506 g/mol. The standard InChI is InChI=1S/C29H36ClN3O5/c1-37-25-14-11-20(18-26(25)38-2)15-16-31-27(34)8-5-17-32-28(35)23-6-3-4-7-24(23)33(29(32)36)19-21-9-12-22(30)13-10-21/h9-14,18,23-24H,3-8,15-17,19H2,1-2H3,(H,31,34). The van der Waals surface area contributed by atoms with Crippen molar-refractivity contribution in [3.05, 3.63) is 58.6 Å². The summed E-state index contributed by atoms with van der Waals surface area (Å²) in [6, 6.07) is 12.8. The zero-order valence-electron chi connectivity index (χ0n) is 22.1. The molecule has 0 aromatic heterocycles. The lowest BCUT2D eigenvalue weighted by Crippen LogP contribution is -2.62. The SMILES string of the molecule is COc1ccc(CCNC(=O)CCCN2C(=O)C3CCCCC3N(Cc3ccc(Cl)cc3)C2=O)cc1OC. The van der Waals surface area contributed by atoms with E-state index >= 15 is 0 Å². The molecular formula is C29H36ClN3O5. The van der Waals surface area contributed by atoms with Gasteiger partial charge in [-0.1, -0.05) is 42.6 Å². The second-order valence-electron chi connectivity index (χ2n) is 9.88. The van der Waals surface area contributed by atoms with Crippen LogP contribution < -0.4 is 14.8 Å². The summed E-state index contributed by atoms with van der Waals surface area (Å²) < 4.78 is 10.6. The minimum atomic E-state index is -0.262. The van der Waals surface area contributed by atoms with Crippen LogP contribution in [0.2, 0.25) is 5.02 Å². The van der Waals surface area contributed by atoms with Gasteiger partial charge in [-0.3, -0.25) is 14.5 Å². The number of nitrogens with one attached hydrogen (secondary N) is 1. The first-order valence-electron chi connectivity index (χ1n) is 13.2. The number of amides is 4. The zero-order valence-corrected chi connectivity index (χ0v) is 22.8. The monoisotopic (exact) mass is 541 g/mol. The number of halogens is 1. The summed E-state index contributed by atoms with van der Waals surface area (Å²) >= 11 is 6.03. The Morgan fingerprint density at radius 3 is 2.45 bits per heavy atom. The van der Waals surface area contributed by atoms with Crippen LogP contribution in [0.1, 0.15) is 49.7 Å². The molecule has 4 rings (SSSR count). The van der Waals surface area contributed by atoms with Crippen molar-refractivity contribution in [3.63, 3.8) is 0 Å². The predicted molar refractivity (Wildman–Crippen MR) is 145 cm³/mol.